The van der Waals surface area contributed by atoms with Gasteiger partial charge in [0.2, 0.25) is 10.0 Å². The number of ether oxygens (including phenoxy) is 4. The molecular formula is C15H21NO6S. The van der Waals surface area contributed by atoms with E-state index >= 15 is 0 Å². The van der Waals surface area contributed by atoms with Crippen molar-refractivity contribution in [2.75, 3.05) is 40.5 Å². The first-order valence-electron chi connectivity index (χ1n) is 7.51. The molecule has 7 nitrogen and oxygen atoms in total. The van der Waals surface area contributed by atoms with Crippen LogP contribution in [0.5, 0.6) is 11.5 Å². The lowest BCUT2D eigenvalue weighted by Crippen LogP contribution is -2.47. The van der Waals surface area contributed by atoms with Crippen molar-refractivity contribution in [2.45, 2.75) is 23.5 Å². The first-order chi connectivity index (χ1) is 11.0. The van der Waals surface area contributed by atoms with E-state index in [1.165, 1.54) is 30.7 Å². The average Bonchev–Trinajstić information content (AvgIpc) is 3.02. The molecule has 0 saturated carbocycles. The van der Waals surface area contributed by atoms with Crippen molar-refractivity contribution in [3.05, 3.63) is 18.2 Å². The number of hydrogen-bond acceptors (Lipinski definition) is 6. The Morgan fingerprint density at radius 1 is 1.04 bits per heavy atom. The predicted octanol–water partition coefficient (Wildman–Crippen LogP) is 1.23. The number of piperidine rings is 1. The smallest absolute Gasteiger partial charge is 0.243 e. The van der Waals surface area contributed by atoms with Gasteiger partial charge >= 0.3 is 0 Å². The third kappa shape index (κ3) is 3.03. The molecule has 1 aromatic carbocycles. The zero-order valence-electron chi connectivity index (χ0n) is 13.3. The Morgan fingerprint density at radius 3 is 2.22 bits per heavy atom. The maximum Gasteiger partial charge on any atom is 0.243 e. The molecule has 1 aromatic rings. The second-order valence-electron chi connectivity index (χ2n) is 5.53. The van der Waals surface area contributed by atoms with Crippen LogP contribution in [0.1, 0.15) is 12.8 Å². The van der Waals surface area contributed by atoms with Crippen LogP contribution >= 0.6 is 0 Å². The fourth-order valence-electron chi connectivity index (χ4n) is 2.98. The summed E-state index contributed by atoms with van der Waals surface area (Å²) >= 11 is 0. The van der Waals surface area contributed by atoms with Crippen LogP contribution in [0.4, 0.5) is 0 Å². The van der Waals surface area contributed by atoms with Crippen LogP contribution in [0.15, 0.2) is 23.1 Å². The number of benzene rings is 1. The lowest BCUT2D eigenvalue weighted by atomic mass is 10.1. The molecule has 0 N–H and O–H groups in total. The molecule has 2 saturated heterocycles. The van der Waals surface area contributed by atoms with Gasteiger partial charge in [0.15, 0.2) is 17.3 Å². The van der Waals surface area contributed by atoms with Crippen LogP contribution < -0.4 is 9.47 Å². The molecule has 2 aliphatic heterocycles. The van der Waals surface area contributed by atoms with Gasteiger partial charge in [-0.05, 0) is 12.1 Å². The van der Waals surface area contributed by atoms with E-state index in [2.05, 4.69) is 0 Å². The van der Waals surface area contributed by atoms with E-state index in [4.69, 9.17) is 18.9 Å². The summed E-state index contributed by atoms with van der Waals surface area (Å²) in [6, 6.07) is 4.62. The Bertz CT molecular complexity index is 659. The van der Waals surface area contributed by atoms with Crippen molar-refractivity contribution in [1.29, 1.82) is 0 Å². The van der Waals surface area contributed by atoms with Crippen molar-refractivity contribution < 1.29 is 27.4 Å². The third-order valence-corrected chi connectivity index (χ3v) is 6.19. The van der Waals surface area contributed by atoms with Gasteiger partial charge in [0.1, 0.15) is 0 Å². The van der Waals surface area contributed by atoms with Crippen molar-refractivity contribution in [1.82, 2.24) is 4.31 Å². The monoisotopic (exact) mass is 343 g/mol. The summed E-state index contributed by atoms with van der Waals surface area (Å²) in [6.45, 7) is 1.89. The molecule has 128 valence electrons. The van der Waals surface area contributed by atoms with Crippen LogP contribution in [-0.2, 0) is 19.5 Å². The second-order valence-corrected chi connectivity index (χ2v) is 7.47. The lowest BCUT2D eigenvalue weighted by molar-refractivity contribution is -0.179. The molecule has 1 spiro atoms. The van der Waals surface area contributed by atoms with E-state index in [0.717, 1.165) is 0 Å². The highest BCUT2D eigenvalue weighted by molar-refractivity contribution is 7.89. The molecule has 2 heterocycles. The first-order valence-corrected chi connectivity index (χ1v) is 8.95. The zero-order valence-corrected chi connectivity index (χ0v) is 14.1. The molecule has 23 heavy (non-hydrogen) atoms. The van der Waals surface area contributed by atoms with Gasteiger partial charge < -0.3 is 18.9 Å². The zero-order chi connectivity index (χ0) is 16.5. The number of rotatable bonds is 4. The van der Waals surface area contributed by atoms with Crippen molar-refractivity contribution in [2.24, 2.45) is 0 Å². The molecule has 0 bridgehead atoms. The quantitative estimate of drug-likeness (QED) is 0.819. The lowest BCUT2D eigenvalue weighted by Gasteiger charge is -2.36. The second kappa shape index (κ2) is 6.27. The van der Waals surface area contributed by atoms with Gasteiger partial charge in [0.25, 0.3) is 0 Å². The van der Waals surface area contributed by atoms with Gasteiger partial charge in [0.05, 0.1) is 32.3 Å². The van der Waals surface area contributed by atoms with Gasteiger partial charge in [-0.25, -0.2) is 8.42 Å². The predicted molar refractivity (Wildman–Crippen MR) is 82.2 cm³/mol. The summed E-state index contributed by atoms with van der Waals surface area (Å²) in [5.74, 6) is 0.296. The third-order valence-electron chi connectivity index (χ3n) is 4.29. The molecule has 0 atom stereocenters. The minimum atomic E-state index is -3.58. The Kier molecular flexibility index (Phi) is 4.50. The van der Waals surface area contributed by atoms with E-state index in [9.17, 15) is 8.42 Å². The average molecular weight is 343 g/mol. The van der Waals surface area contributed by atoms with Crippen LogP contribution in [0, 0.1) is 0 Å². The van der Waals surface area contributed by atoms with Gasteiger partial charge in [0, 0.05) is 32.0 Å². The highest BCUT2D eigenvalue weighted by Gasteiger charge is 2.42. The Hall–Kier alpha value is -1.35. The fourth-order valence-corrected chi connectivity index (χ4v) is 4.44. The van der Waals surface area contributed by atoms with E-state index in [0.29, 0.717) is 50.6 Å². The number of hydrogen-bond donors (Lipinski definition) is 0. The summed E-state index contributed by atoms with van der Waals surface area (Å²) in [5.41, 5.74) is 0. The van der Waals surface area contributed by atoms with E-state index < -0.39 is 15.8 Å². The Labute approximate surface area is 136 Å². The van der Waals surface area contributed by atoms with Crippen molar-refractivity contribution in [3.8, 4) is 11.5 Å². The normalized spacial score (nSPS) is 21.5. The molecule has 3 rings (SSSR count). The highest BCUT2D eigenvalue weighted by Crippen LogP contribution is 2.35. The molecule has 8 heteroatoms. The molecule has 0 radical (unpaired) electrons. The molecule has 0 aliphatic carbocycles. The molecule has 2 aliphatic rings. The topological polar surface area (TPSA) is 74.3 Å². The molecular weight excluding hydrogens is 322 g/mol. The summed E-state index contributed by atoms with van der Waals surface area (Å²) in [7, 11) is -0.588. The van der Waals surface area contributed by atoms with Crippen molar-refractivity contribution in [3.63, 3.8) is 0 Å². The Morgan fingerprint density at radius 2 is 1.65 bits per heavy atom. The summed E-state index contributed by atoms with van der Waals surface area (Å²) in [6.07, 6.45) is 1.08. The van der Waals surface area contributed by atoms with E-state index in [-0.39, 0.29) is 4.90 Å². The van der Waals surface area contributed by atoms with Gasteiger partial charge in [-0.3, -0.25) is 0 Å². The molecule has 2 fully saturated rings. The minimum Gasteiger partial charge on any atom is -0.493 e. The minimum absolute atomic E-state index is 0.194. The maximum absolute atomic E-state index is 12.8. The van der Waals surface area contributed by atoms with Crippen LogP contribution in [-0.4, -0.2) is 59.0 Å². The maximum atomic E-state index is 12.8. The standard InChI is InChI=1S/C15H21NO6S/c1-19-13-4-3-12(11-14(13)20-2)23(17,18)16-7-5-15(6-8-16)21-9-10-22-15/h3-4,11H,5-10H2,1-2H3. The van der Waals surface area contributed by atoms with Gasteiger partial charge in [-0.15, -0.1) is 0 Å². The summed E-state index contributed by atoms with van der Waals surface area (Å²) < 4.78 is 48.7. The van der Waals surface area contributed by atoms with Gasteiger partial charge in [-0.1, -0.05) is 0 Å². The largest absolute Gasteiger partial charge is 0.493 e. The summed E-state index contributed by atoms with van der Waals surface area (Å²) in [4.78, 5) is 0.194. The number of methoxy groups -OCH3 is 2. The number of nitrogens with zero attached hydrogens (tertiary/aromatic N) is 1. The van der Waals surface area contributed by atoms with E-state index in [1.807, 2.05) is 0 Å². The molecule has 0 aromatic heterocycles. The fraction of sp³-hybridized carbons (Fsp3) is 0.600. The van der Waals surface area contributed by atoms with E-state index in [1.54, 1.807) is 6.07 Å². The van der Waals surface area contributed by atoms with Crippen molar-refractivity contribution >= 4 is 10.0 Å². The number of sulfonamides is 1. The van der Waals surface area contributed by atoms with Gasteiger partial charge in [-0.2, -0.15) is 4.31 Å². The summed E-state index contributed by atoms with van der Waals surface area (Å²) in [5, 5.41) is 0. The molecule has 0 unspecified atom stereocenters. The SMILES string of the molecule is COc1ccc(S(=O)(=O)N2CCC3(CC2)OCCO3)cc1OC. The molecule has 0 amide bonds. The first kappa shape index (κ1) is 16.5. The Balaban J connectivity index is 1.79. The van der Waals surface area contributed by atoms with Crippen LogP contribution in [0.2, 0.25) is 0 Å². The van der Waals surface area contributed by atoms with Crippen LogP contribution in [0.3, 0.4) is 0 Å². The van der Waals surface area contributed by atoms with Crippen LogP contribution in [0.25, 0.3) is 0 Å². The highest BCUT2D eigenvalue weighted by atomic mass is 32.2.